The van der Waals surface area contributed by atoms with Crippen LogP contribution >= 0.6 is 34.5 Å². The number of carbonyl (C=O) groups is 1. The molecule has 3 aromatic heterocycles. The van der Waals surface area contributed by atoms with Crippen molar-refractivity contribution in [1.82, 2.24) is 4.98 Å². The summed E-state index contributed by atoms with van der Waals surface area (Å²) in [6, 6.07) is 2.23. The van der Waals surface area contributed by atoms with E-state index in [1.165, 1.54) is 0 Å². The third-order valence-electron chi connectivity index (χ3n) is 4.02. The molecule has 6 nitrogen and oxygen atoms in total. The highest BCUT2D eigenvalue weighted by Gasteiger charge is 2.38. The number of nitrogens with one attached hydrogen (secondary N) is 1. The molecule has 2 atom stereocenters. The summed E-state index contributed by atoms with van der Waals surface area (Å²) in [5, 5.41) is 10.6. The van der Waals surface area contributed by atoms with Gasteiger partial charge in [-0.1, -0.05) is 35.3 Å². The number of halogens is 5. The van der Waals surface area contributed by atoms with Crippen LogP contribution in [0.15, 0.2) is 41.0 Å². The first-order valence-corrected chi connectivity index (χ1v) is 10.3. The van der Waals surface area contributed by atoms with Gasteiger partial charge in [0.25, 0.3) is 0 Å². The van der Waals surface area contributed by atoms with Crippen molar-refractivity contribution < 1.29 is 35.7 Å². The van der Waals surface area contributed by atoms with Crippen molar-refractivity contribution in [1.29, 1.82) is 0 Å². The van der Waals surface area contributed by atoms with Crippen molar-refractivity contribution in [2.75, 3.05) is 5.32 Å². The van der Waals surface area contributed by atoms with Gasteiger partial charge >= 0.3 is 12.1 Å². The molecule has 0 saturated heterocycles. The molecular formula is C20H18Cl2F3N3O3S. The molecule has 1 aliphatic rings. The Hall–Kier alpha value is -2.27. The maximum atomic E-state index is 10.6. The molecule has 172 valence electrons. The van der Waals surface area contributed by atoms with Gasteiger partial charge < -0.3 is 20.6 Å². The largest absolute Gasteiger partial charge is 0.490 e. The predicted molar refractivity (Wildman–Crippen MR) is 118 cm³/mol. The Balaban J connectivity index is 0.000000505. The van der Waals surface area contributed by atoms with Gasteiger partial charge in [0.2, 0.25) is 0 Å². The highest BCUT2D eigenvalue weighted by atomic mass is 35.5. The van der Waals surface area contributed by atoms with Crippen LogP contribution in [0, 0.1) is 0 Å². The highest BCUT2D eigenvalue weighted by Crippen LogP contribution is 2.45. The first kappa shape index (κ1) is 17.2. The summed E-state index contributed by atoms with van der Waals surface area (Å²) in [5.74, 6) is -3.35. The van der Waals surface area contributed by atoms with Crippen LogP contribution in [0.2, 0.25) is 10.2 Å². The van der Waals surface area contributed by atoms with Crippen molar-refractivity contribution in [2.45, 2.75) is 37.4 Å². The number of fused-ring (bicyclic) bond motifs is 1. The van der Waals surface area contributed by atoms with Gasteiger partial charge in [-0.15, -0.1) is 11.3 Å². The number of hydrogen-bond donors (Lipinski definition) is 3. The zero-order chi connectivity index (χ0) is 28.8. The van der Waals surface area contributed by atoms with Crippen LogP contribution in [-0.4, -0.2) is 28.3 Å². The molecule has 3 heterocycles. The smallest absolute Gasteiger partial charge is 0.475 e. The van der Waals surface area contributed by atoms with Crippen molar-refractivity contribution in [2.24, 2.45) is 5.73 Å². The number of carboxylic acid groups (broad SMARTS) is 1. The maximum absolute atomic E-state index is 10.6. The average molecular weight is 514 g/mol. The molecule has 0 fully saturated rings. The number of allylic oxidation sites excluding steroid dienone is 1. The Bertz CT molecular complexity index is 1390. The summed E-state index contributed by atoms with van der Waals surface area (Å²) in [5.41, 5.74) is 7.04. The maximum Gasteiger partial charge on any atom is 0.490 e. The number of furan rings is 1. The number of thiophene rings is 1. The summed E-state index contributed by atoms with van der Waals surface area (Å²) >= 11 is 13.9. The molecule has 0 aromatic carbocycles. The number of aromatic nitrogens is 1. The molecule has 4 N–H and O–H groups in total. The number of pyridine rings is 1. The van der Waals surface area contributed by atoms with Crippen LogP contribution in [0.25, 0.3) is 10.2 Å². The zero-order valence-corrected chi connectivity index (χ0v) is 18.1. The highest BCUT2D eigenvalue weighted by molar-refractivity contribution is 7.20. The Morgan fingerprint density at radius 1 is 1.44 bits per heavy atom. The second kappa shape index (κ2) is 10.1. The lowest BCUT2D eigenvalue weighted by Crippen LogP contribution is -2.29. The first-order valence-electron chi connectivity index (χ1n) is 11.7. The van der Waals surface area contributed by atoms with Crippen LogP contribution < -0.4 is 11.1 Å². The first-order chi connectivity index (χ1) is 17.4. The second-order valence-electron chi connectivity index (χ2n) is 6.23. The van der Waals surface area contributed by atoms with Crippen LogP contribution in [0.1, 0.15) is 37.5 Å². The molecular weight excluding hydrogens is 490 g/mol. The minimum atomic E-state index is -5.08. The summed E-state index contributed by atoms with van der Waals surface area (Å²) in [6.07, 6.45) is -8.31. The molecule has 0 saturated carbocycles. The van der Waals surface area contributed by atoms with E-state index in [1.54, 1.807) is 24.5 Å². The van der Waals surface area contributed by atoms with Gasteiger partial charge in [-0.3, -0.25) is 0 Å². The third-order valence-corrected chi connectivity index (χ3v) is 6.01. The SMILES string of the molecule is O=C(O)C(F)(F)F.[2H]C1=C([2H])C([2H])([2H])[C@H](c2sc3c(NCc4ccco4)cc(Cl)nc3c2Cl)[C@@H](N)C1([2H])[2H]. The van der Waals surface area contributed by atoms with E-state index in [1.807, 2.05) is 0 Å². The van der Waals surface area contributed by atoms with Crippen LogP contribution in [0.4, 0.5) is 18.9 Å². The summed E-state index contributed by atoms with van der Waals surface area (Å²) in [4.78, 5) is 13.4. The van der Waals surface area contributed by atoms with Crippen LogP contribution in [-0.2, 0) is 11.3 Å². The molecule has 1 aliphatic carbocycles. The van der Waals surface area contributed by atoms with Crippen molar-refractivity contribution in [3.8, 4) is 0 Å². The van der Waals surface area contributed by atoms with E-state index in [0.717, 1.165) is 11.3 Å². The van der Waals surface area contributed by atoms with E-state index < -0.39 is 49.0 Å². The van der Waals surface area contributed by atoms with Crippen LogP contribution in [0.5, 0.6) is 0 Å². The van der Waals surface area contributed by atoms with Crippen molar-refractivity contribution in [3.63, 3.8) is 0 Å². The Kier molecular flexibility index (Phi) is 5.45. The summed E-state index contributed by atoms with van der Waals surface area (Å²) in [7, 11) is 0. The fourth-order valence-electron chi connectivity index (χ4n) is 2.59. The Morgan fingerprint density at radius 2 is 2.12 bits per heavy atom. The lowest BCUT2D eigenvalue weighted by Gasteiger charge is -2.24. The average Bonchev–Trinajstić information content (AvgIpc) is 3.44. The number of alkyl halides is 3. The molecule has 0 aliphatic heterocycles. The zero-order valence-electron chi connectivity index (χ0n) is 21.8. The molecule has 32 heavy (non-hydrogen) atoms. The number of nitrogens with two attached hydrogens (primary N) is 1. The number of nitrogens with zero attached hydrogens (tertiary/aromatic N) is 1. The van der Waals surface area contributed by atoms with E-state index in [4.69, 9.17) is 51.5 Å². The Labute approximate surface area is 203 Å². The normalized spacial score (nSPS) is 24.8. The van der Waals surface area contributed by atoms with Gasteiger partial charge in [0.1, 0.15) is 16.4 Å². The van der Waals surface area contributed by atoms with E-state index in [0.29, 0.717) is 28.2 Å². The van der Waals surface area contributed by atoms with Crippen molar-refractivity contribution in [3.05, 3.63) is 57.4 Å². The quantitative estimate of drug-likeness (QED) is 0.283. The van der Waals surface area contributed by atoms with Crippen molar-refractivity contribution >= 4 is 56.4 Å². The molecule has 0 radical (unpaired) electrons. The molecule has 0 bridgehead atoms. The fourth-order valence-corrected chi connectivity index (χ4v) is 4.43. The van der Waals surface area contributed by atoms with Gasteiger partial charge in [0.05, 0.1) is 31.0 Å². The lowest BCUT2D eigenvalue weighted by atomic mass is 9.88. The molecule has 0 spiro atoms. The van der Waals surface area contributed by atoms with Crippen LogP contribution in [0.3, 0.4) is 0 Å². The standard InChI is InChI=1S/C18H17Cl2N3OS.C2HF3O2/c19-14-8-13(22-9-10-4-3-7-24-10)18-16(23-14)15(20)17(25-18)11-5-1-2-6-12(11)21;3-2(4,5)1(6)7/h1-4,7-8,11-12H,5-6,9,21H2,(H,22,23);(H,6,7)/t11-,12-;/m0./s1/i1D,2D,5D2,6D2;. The monoisotopic (exact) mass is 513 g/mol. The Morgan fingerprint density at radius 3 is 2.75 bits per heavy atom. The number of carboxylic acids is 1. The minimum Gasteiger partial charge on any atom is -0.475 e. The number of aliphatic carboxylic acids is 1. The minimum absolute atomic E-state index is 0.102. The fraction of sp³-hybridized carbons (Fsp3) is 0.300. The predicted octanol–water partition coefficient (Wildman–Crippen LogP) is 6.20. The van der Waals surface area contributed by atoms with Gasteiger partial charge in [0, 0.05) is 28.4 Å². The van der Waals surface area contributed by atoms with E-state index >= 15 is 0 Å². The number of rotatable bonds is 4. The number of anilines is 1. The molecule has 3 aromatic rings. The molecule has 12 heteroatoms. The summed E-state index contributed by atoms with van der Waals surface area (Å²) < 4.78 is 86.8. The third kappa shape index (κ3) is 5.74. The van der Waals surface area contributed by atoms with Gasteiger partial charge in [0.15, 0.2) is 0 Å². The van der Waals surface area contributed by atoms with E-state index in [2.05, 4.69) is 10.3 Å². The summed E-state index contributed by atoms with van der Waals surface area (Å²) in [6.45, 7) is 0.363. The molecule has 0 amide bonds. The van der Waals surface area contributed by atoms with Gasteiger partial charge in [-0.2, -0.15) is 13.2 Å². The second-order valence-corrected chi connectivity index (χ2v) is 8.05. The lowest BCUT2D eigenvalue weighted by molar-refractivity contribution is -0.192. The van der Waals surface area contributed by atoms with Gasteiger partial charge in [-0.05, 0) is 24.9 Å². The topological polar surface area (TPSA) is 101 Å². The molecule has 4 rings (SSSR count). The molecule has 0 unspecified atom stereocenters. The number of hydrogen-bond acceptors (Lipinski definition) is 6. The van der Waals surface area contributed by atoms with E-state index in [9.17, 15) is 13.2 Å². The van der Waals surface area contributed by atoms with Gasteiger partial charge in [-0.25, -0.2) is 9.78 Å². The van der Waals surface area contributed by atoms with E-state index in [-0.39, 0.29) is 15.1 Å².